The molecule has 23 heavy (non-hydrogen) atoms. The summed E-state index contributed by atoms with van der Waals surface area (Å²) in [7, 11) is 0. The van der Waals surface area contributed by atoms with E-state index in [1.807, 2.05) is 0 Å². The number of fused-ring (bicyclic) bond motifs is 1. The average molecular weight is 331 g/mol. The fourth-order valence-electron chi connectivity index (χ4n) is 2.30. The fraction of sp³-hybridized carbons (Fsp3) is 0.188. The molecular weight excluding hydrogens is 318 g/mol. The monoisotopic (exact) mass is 331 g/mol. The molecule has 0 radical (unpaired) electrons. The van der Waals surface area contributed by atoms with Gasteiger partial charge in [-0.3, -0.25) is 14.5 Å². The first-order valence-corrected chi connectivity index (χ1v) is 7.85. The van der Waals surface area contributed by atoms with Crippen molar-refractivity contribution in [3.63, 3.8) is 0 Å². The molecule has 7 heteroatoms. The maximum Gasteiger partial charge on any atom is 0.339 e. The summed E-state index contributed by atoms with van der Waals surface area (Å²) in [6.45, 7) is -0.509. The first kappa shape index (κ1) is 15.4. The van der Waals surface area contributed by atoms with Crippen molar-refractivity contribution in [1.82, 2.24) is 4.90 Å². The molecule has 0 spiro atoms. The van der Waals surface area contributed by atoms with E-state index in [0.717, 1.165) is 4.90 Å². The molecule has 0 unspecified atom stereocenters. The molecule has 1 aromatic heterocycles. The van der Waals surface area contributed by atoms with Gasteiger partial charge in [0.15, 0.2) is 0 Å². The van der Waals surface area contributed by atoms with Gasteiger partial charge in [0, 0.05) is 5.38 Å². The second-order valence-electron chi connectivity index (χ2n) is 5.03. The first-order chi connectivity index (χ1) is 11.1. The molecule has 2 amide bonds. The van der Waals surface area contributed by atoms with Crippen LogP contribution in [-0.4, -0.2) is 47.0 Å². The van der Waals surface area contributed by atoms with Crippen molar-refractivity contribution >= 4 is 29.1 Å². The van der Waals surface area contributed by atoms with Crippen molar-refractivity contribution < 1.29 is 24.2 Å². The molecular formula is C16H13NO5S. The second-order valence-corrected chi connectivity index (χ2v) is 5.81. The van der Waals surface area contributed by atoms with E-state index in [-0.39, 0.29) is 13.2 Å². The van der Waals surface area contributed by atoms with Crippen LogP contribution in [0, 0.1) is 0 Å². The maximum absolute atomic E-state index is 12.2. The molecule has 1 aliphatic heterocycles. The standard InChI is InChI=1S/C16H13NO5S/c18-11(8-22-16(21)10-5-6-23-9-10)7-17-14(19)12-3-1-2-4-13(12)15(17)20/h1-6,9,11,18H,7-8H2/t11-/m0/s1. The SMILES string of the molecule is O=C(OC[C@@H](O)CN1C(=O)c2ccccc2C1=O)c1ccsc1. The number of hydrogen-bond donors (Lipinski definition) is 1. The number of aliphatic hydroxyl groups is 1. The summed E-state index contributed by atoms with van der Waals surface area (Å²) in [5, 5.41) is 13.3. The van der Waals surface area contributed by atoms with Crippen LogP contribution in [-0.2, 0) is 4.74 Å². The topological polar surface area (TPSA) is 83.9 Å². The van der Waals surface area contributed by atoms with Crippen LogP contribution >= 0.6 is 11.3 Å². The summed E-state index contributed by atoms with van der Waals surface area (Å²) in [6, 6.07) is 8.10. The number of esters is 1. The van der Waals surface area contributed by atoms with Crippen LogP contribution in [0.25, 0.3) is 0 Å². The number of amides is 2. The van der Waals surface area contributed by atoms with Crippen LogP contribution in [0.1, 0.15) is 31.1 Å². The number of nitrogens with zero attached hydrogens (tertiary/aromatic N) is 1. The molecule has 0 saturated heterocycles. The molecule has 1 atom stereocenters. The Hall–Kier alpha value is -2.51. The molecule has 0 aliphatic carbocycles. The van der Waals surface area contributed by atoms with E-state index in [2.05, 4.69) is 0 Å². The number of thiophene rings is 1. The van der Waals surface area contributed by atoms with Crippen molar-refractivity contribution in [2.45, 2.75) is 6.10 Å². The predicted octanol–water partition coefficient (Wildman–Crippen LogP) is 1.56. The third-order valence-corrected chi connectivity index (χ3v) is 4.12. The number of imide groups is 1. The van der Waals surface area contributed by atoms with Crippen LogP contribution < -0.4 is 0 Å². The van der Waals surface area contributed by atoms with E-state index in [9.17, 15) is 19.5 Å². The summed E-state index contributed by atoms with van der Waals surface area (Å²) < 4.78 is 4.97. The van der Waals surface area contributed by atoms with Gasteiger partial charge in [-0.15, -0.1) is 0 Å². The minimum absolute atomic E-state index is 0.219. The molecule has 2 aromatic rings. The van der Waals surface area contributed by atoms with Crippen molar-refractivity contribution in [1.29, 1.82) is 0 Å². The van der Waals surface area contributed by atoms with Crippen LogP contribution in [0.2, 0.25) is 0 Å². The largest absolute Gasteiger partial charge is 0.459 e. The average Bonchev–Trinajstić information content (AvgIpc) is 3.17. The van der Waals surface area contributed by atoms with Gasteiger partial charge in [-0.1, -0.05) is 12.1 Å². The van der Waals surface area contributed by atoms with Crippen LogP contribution in [0.3, 0.4) is 0 Å². The van der Waals surface area contributed by atoms with Crippen molar-refractivity contribution in [2.75, 3.05) is 13.2 Å². The van der Waals surface area contributed by atoms with E-state index in [1.165, 1.54) is 11.3 Å². The Morgan fingerprint density at radius 1 is 1.17 bits per heavy atom. The van der Waals surface area contributed by atoms with Gasteiger partial charge in [-0.2, -0.15) is 11.3 Å². The number of aliphatic hydroxyl groups excluding tert-OH is 1. The number of carbonyl (C=O) groups is 3. The van der Waals surface area contributed by atoms with E-state index >= 15 is 0 Å². The van der Waals surface area contributed by atoms with Gasteiger partial charge in [0.2, 0.25) is 0 Å². The second kappa shape index (κ2) is 6.31. The van der Waals surface area contributed by atoms with E-state index in [1.54, 1.807) is 41.1 Å². The van der Waals surface area contributed by atoms with Crippen LogP contribution in [0.4, 0.5) is 0 Å². The Bertz CT molecular complexity index is 721. The van der Waals surface area contributed by atoms with Crippen LogP contribution in [0.5, 0.6) is 0 Å². The van der Waals surface area contributed by atoms with Crippen molar-refractivity contribution in [3.8, 4) is 0 Å². The lowest BCUT2D eigenvalue weighted by atomic mass is 10.1. The zero-order valence-electron chi connectivity index (χ0n) is 12.0. The number of β-amino-alcohol motifs (C(OH)–C–C–N with tert-alkyl or cyclic N) is 1. The van der Waals surface area contributed by atoms with Gasteiger partial charge in [-0.05, 0) is 23.6 Å². The highest BCUT2D eigenvalue weighted by Gasteiger charge is 2.36. The third kappa shape index (κ3) is 3.01. The molecule has 1 aromatic carbocycles. The third-order valence-electron chi connectivity index (χ3n) is 3.44. The summed E-state index contributed by atoms with van der Waals surface area (Å²) in [6.07, 6.45) is -1.14. The van der Waals surface area contributed by atoms with Gasteiger partial charge in [0.25, 0.3) is 11.8 Å². The molecule has 118 valence electrons. The Kier molecular flexibility index (Phi) is 4.22. The molecule has 1 N–H and O–H groups in total. The fourth-order valence-corrected chi connectivity index (χ4v) is 2.93. The lowest BCUT2D eigenvalue weighted by Crippen LogP contribution is -2.39. The number of benzene rings is 1. The number of ether oxygens (including phenoxy) is 1. The summed E-state index contributed by atoms with van der Waals surface area (Å²) in [5.74, 6) is -1.45. The number of carbonyl (C=O) groups excluding carboxylic acids is 3. The number of rotatable bonds is 5. The minimum Gasteiger partial charge on any atom is -0.459 e. The molecule has 3 rings (SSSR count). The quantitative estimate of drug-likeness (QED) is 0.664. The number of hydrogen-bond acceptors (Lipinski definition) is 6. The minimum atomic E-state index is -1.14. The Balaban J connectivity index is 1.59. The summed E-state index contributed by atoms with van der Waals surface area (Å²) >= 11 is 1.36. The Labute approximate surface area is 135 Å². The highest BCUT2D eigenvalue weighted by molar-refractivity contribution is 7.08. The zero-order valence-corrected chi connectivity index (χ0v) is 12.8. The van der Waals surface area contributed by atoms with E-state index in [4.69, 9.17) is 4.74 Å². The zero-order chi connectivity index (χ0) is 16.4. The van der Waals surface area contributed by atoms with Crippen LogP contribution in [0.15, 0.2) is 41.1 Å². The van der Waals surface area contributed by atoms with Gasteiger partial charge in [-0.25, -0.2) is 4.79 Å². The molecule has 0 saturated carbocycles. The van der Waals surface area contributed by atoms with Crippen molar-refractivity contribution in [3.05, 3.63) is 57.8 Å². The molecule has 2 heterocycles. The smallest absolute Gasteiger partial charge is 0.339 e. The maximum atomic E-state index is 12.2. The van der Waals surface area contributed by atoms with Gasteiger partial charge in [0.1, 0.15) is 12.7 Å². The Morgan fingerprint density at radius 3 is 2.39 bits per heavy atom. The van der Waals surface area contributed by atoms with E-state index < -0.39 is 23.9 Å². The van der Waals surface area contributed by atoms with E-state index in [0.29, 0.717) is 16.7 Å². The predicted molar refractivity (Wildman–Crippen MR) is 82.4 cm³/mol. The van der Waals surface area contributed by atoms with Crippen molar-refractivity contribution in [2.24, 2.45) is 0 Å². The summed E-state index contributed by atoms with van der Waals surface area (Å²) in [5.41, 5.74) is 1.04. The lowest BCUT2D eigenvalue weighted by molar-refractivity contribution is 0.0170. The highest BCUT2D eigenvalue weighted by Crippen LogP contribution is 2.22. The summed E-state index contributed by atoms with van der Waals surface area (Å²) in [4.78, 5) is 37.0. The first-order valence-electron chi connectivity index (χ1n) is 6.90. The molecule has 6 nitrogen and oxygen atoms in total. The molecule has 1 aliphatic rings. The highest BCUT2D eigenvalue weighted by atomic mass is 32.1. The van der Waals surface area contributed by atoms with Gasteiger partial charge < -0.3 is 9.84 Å². The van der Waals surface area contributed by atoms with Gasteiger partial charge in [0.05, 0.1) is 23.2 Å². The molecule has 0 fully saturated rings. The molecule has 0 bridgehead atoms. The Morgan fingerprint density at radius 2 is 1.83 bits per heavy atom. The normalized spacial score (nSPS) is 14.7. The lowest BCUT2D eigenvalue weighted by Gasteiger charge is -2.18. The van der Waals surface area contributed by atoms with Gasteiger partial charge >= 0.3 is 5.97 Å².